The molecule has 0 fully saturated rings. The van der Waals surface area contributed by atoms with Crippen molar-refractivity contribution in [1.29, 1.82) is 0 Å². The number of fused-ring (bicyclic) bond motifs is 1. The van der Waals surface area contributed by atoms with Crippen LogP contribution >= 0.6 is 0 Å². The number of pyridine rings is 1. The Morgan fingerprint density at radius 3 is 2.36 bits per heavy atom. The number of unbranched alkanes of at least 4 members (excludes halogenated alkanes) is 10. The summed E-state index contributed by atoms with van der Waals surface area (Å²) >= 11 is 0. The van der Waals surface area contributed by atoms with Crippen LogP contribution in [-0.4, -0.2) is 15.8 Å². The molecule has 2 aromatic rings. The minimum Gasteiger partial charge on any atom is -0.438 e. The Bertz CT molecular complexity index is 722. The van der Waals surface area contributed by atoms with Gasteiger partial charge in [0.1, 0.15) is 5.78 Å². The first-order valence-electron chi connectivity index (χ1n) is 11.0. The molecule has 28 heavy (non-hydrogen) atoms. The quantitative estimate of drug-likeness (QED) is 0.279. The zero-order valence-electron chi connectivity index (χ0n) is 17.3. The van der Waals surface area contributed by atoms with Gasteiger partial charge in [-0.1, -0.05) is 51.9 Å². The third kappa shape index (κ3) is 9.17. The molecule has 4 heteroatoms. The first kappa shape index (κ1) is 22.1. The lowest BCUT2D eigenvalue weighted by molar-refractivity contribution is -0.118. The highest BCUT2D eigenvalue weighted by atomic mass is 16.3. The summed E-state index contributed by atoms with van der Waals surface area (Å²) in [5.74, 6) is 7.24. The Hall–Kier alpha value is -2.15. The molecule has 0 aliphatic carbocycles. The average Bonchev–Trinajstić information content (AvgIpc) is 3.10. The lowest BCUT2D eigenvalue weighted by Crippen LogP contribution is -2.02. The fourth-order valence-corrected chi connectivity index (χ4v) is 3.21. The molecule has 152 valence electrons. The van der Waals surface area contributed by atoms with E-state index in [0.717, 1.165) is 38.5 Å². The molecule has 0 spiro atoms. The molecule has 0 unspecified atom stereocenters. The van der Waals surface area contributed by atoms with E-state index in [9.17, 15) is 4.79 Å². The average molecular weight is 383 g/mol. The van der Waals surface area contributed by atoms with Crippen LogP contribution in [0.1, 0.15) is 96.3 Å². The number of Topliss-reactive ketones (excluding diaryl/α,β-unsaturated/α-hetero) is 1. The van der Waals surface area contributed by atoms with Crippen molar-refractivity contribution in [1.82, 2.24) is 9.97 Å². The summed E-state index contributed by atoms with van der Waals surface area (Å²) < 4.78 is 5.55. The van der Waals surface area contributed by atoms with Gasteiger partial charge in [0.15, 0.2) is 11.2 Å². The summed E-state index contributed by atoms with van der Waals surface area (Å²) in [5, 5.41) is 0. The number of hydrogen-bond acceptors (Lipinski definition) is 4. The van der Waals surface area contributed by atoms with E-state index in [4.69, 9.17) is 4.42 Å². The van der Waals surface area contributed by atoms with Crippen molar-refractivity contribution >= 4 is 17.0 Å². The van der Waals surface area contributed by atoms with Crippen molar-refractivity contribution in [3.8, 4) is 11.8 Å². The molecule has 0 atom stereocenters. The van der Waals surface area contributed by atoms with Gasteiger partial charge in [-0.2, -0.15) is 4.98 Å². The Labute approximate surface area is 169 Å². The van der Waals surface area contributed by atoms with E-state index in [1.807, 2.05) is 6.07 Å². The molecule has 2 rings (SSSR count). The number of hydrogen-bond donors (Lipinski definition) is 0. The van der Waals surface area contributed by atoms with Gasteiger partial charge in [0.2, 0.25) is 5.89 Å². The van der Waals surface area contributed by atoms with Gasteiger partial charge in [-0.25, -0.2) is 4.98 Å². The minimum absolute atomic E-state index is 0.185. The smallest absolute Gasteiger partial charge is 0.204 e. The van der Waals surface area contributed by atoms with Crippen LogP contribution in [0.25, 0.3) is 11.2 Å². The number of carbonyl (C=O) groups is 1. The lowest BCUT2D eigenvalue weighted by atomic mass is 10.1. The zero-order chi connectivity index (χ0) is 19.9. The number of nitrogens with zero attached hydrogens (tertiary/aromatic N) is 2. The maximum Gasteiger partial charge on any atom is 0.204 e. The van der Waals surface area contributed by atoms with Crippen LogP contribution in [-0.2, 0) is 11.2 Å². The van der Waals surface area contributed by atoms with Crippen LogP contribution in [0.5, 0.6) is 0 Å². The van der Waals surface area contributed by atoms with Gasteiger partial charge >= 0.3 is 0 Å². The highest BCUT2D eigenvalue weighted by Gasteiger charge is 2.10. The SMILES string of the molecule is CCCCCCCCC#CCCCCCCC(=O)Cc1nc2ncccc2o1. The largest absolute Gasteiger partial charge is 0.438 e. The van der Waals surface area contributed by atoms with Gasteiger partial charge in [0.25, 0.3) is 0 Å². The number of ketones is 1. The number of carbonyl (C=O) groups excluding carboxylic acids is 1. The van der Waals surface area contributed by atoms with E-state index < -0.39 is 0 Å². The normalized spacial score (nSPS) is 10.8. The molecule has 0 aliphatic rings. The van der Waals surface area contributed by atoms with Crippen LogP contribution in [0.3, 0.4) is 0 Å². The van der Waals surface area contributed by atoms with Crippen molar-refractivity contribution in [2.75, 3.05) is 0 Å². The number of aromatic nitrogens is 2. The monoisotopic (exact) mass is 382 g/mol. The summed E-state index contributed by atoms with van der Waals surface area (Å²) in [4.78, 5) is 20.4. The van der Waals surface area contributed by atoms with Gasteiger partial charge in [0, 0.05) is 25.5 Å². The van der Waals surface area contributed by atoms with Crippen molar-refractivity contribution in [3.05, 3.63) is 24.2 Å². The molecule has 0 radical (unpaired) electrons. The van der Waals surface area contributed by atoms with Crippen LogP contribution in [0.4, 0.5) is 0 Å². The van der Waals surface area contributed by atoms with E-state index in [-0.39, 0.29) is 12.2 Å². The molecule has 0 N–H and O–H groups in total. The van der Waals surface area contributed by atoms with Crippen LogP contribution < -0.4 is 0 Å². The maximum absolute atomic E-state index is 12.1. The maximum atomic E-state index is 12.1. The zero-order valence-corrected chi connectivity index (χ0v) is 17.3. The molecule has 0 bridgehead atoms. The first-order valence-corrected chi connectivity index (χ1v) is 11.0. The van der Waals surface area contributed by atoms with Crippen molar-refractivity contribution in [3.63, 3.8) is 0 Å². The van der Waals surface area contributed by atoms with Crippen molar-refractivity contribution < 1.29 is 9.21 Å². The van der Waals surface area contributed by atoms with Gasteiger partial charge in [-0.3, -0.25) is 4.79 Å². The first-order chi connectivity index (χ1) is 13.8. The second kappa shape index (κ2) is 13.9. The number of oxazole rings is 1. The van der Waals surface area contributed by atoms with E-state index in [0.29, 0.717) is 23.5 Å². The van der Waals surface area contributed by atoms with Crippen molar-refractivity contribution in [2.24, 2.45) is 0 Å². The van der Waals surface area contributed by atoms with E-state index >= 15 is 0 Å². The Morgan fingerprint density at radius 2 is 1.64 bits per heavy atom. The van der Waals surface area contributed by atoms with Gasteiger partial charge < -0.3 is 4.42 Å². The minimum atomic E-state index is 0.185. The van der Waals surface area contributed by atoms with E-state index in [1.54, 1.807) is 12.3 Å². The Balaban J connectivity index is 1.44. The van der Waals surface area contributed by atoms with E-state index in [2.05, 4.69) is 28.7 Å². The molecule has 0 saturated heterocycles. The molecule has 0 saturated carbocycles. The molecular weight excluding hydrogens is 348 g/mol. The fourth-order valence-electron chi connectivity index (χ4n) is 3.21. The van der Waals surface area contributed by atoms with E-state index in [1.165, 1.54) is 38.5 Å². The molecule has 0 aliphatic heterocycles. The van der Waals surface area contributed by atoms with Crippen LogP contribution in [0.2, 0.25) is 0 Å². The van der Waals surface area contributed by atoms with Gasteiger partial charge in [-0.15, -0.1) is 11.8 Å². The molecule has 0 aromatic carbocycles. The standard InChI is InChI=1S/C24H34N2O2/c1-2-3-4-5-6-7-8-9-10-11-12-13-14-15-17-21(27)20-23-26-24-22(28-23)18-16-19-25-24/h16,18-19H,2-8,11-15,17,20H2,1H3. The summed E-state index contributed by atoms with van der Waals surface area (Å²) in [7, 11) is 0. The number of rotatable bonds is 14. The highest BCUT2D eigenvalue weighted by Crippen LogP contribution is 2.14. The third-order valence-electron chi connectivity index (χ3n) is 4.85. The fraction of sp³-hybridized carbons (Fsp3) is 0.625. The predicted molar refractivity (Wildman–Crippen MR) is 114 cm³/mol. The van der Waals surface area contributed by atoms with Gasteiger partial charge in [-0.05, 0) is 31.4 Å². The molecule has 2 heterocycles. The van der Waals surface area contributed by atoms with Crippen LogP contribution in [0.15, 0.2) is 22.7 Å². The summed E-state index contributed by atoms with van der Waals surface area (Å²) in [6.45, 7) is 2.25. The summed E-state index contributed by atoms with van der Waals surface area (Å²) in [5.41, 5.74) is 1.21. The Morgan fingerprint density at radius 1 is 0.964 bits per heavy atom. The lowest BCUT2D eigenvalue weighted by Gasteiger charge is -1.99. The van der Waals surface area contributed by atoms with Crippen molar-refractivity contribution in [2.45, 2.75) is 96.8 Å². The predicted octanol–water partition coefficient (Wildman–Crippen LogP) is 6.43. The molecule has 2 aromatic heterocycles. The third-order valence-corrected chi connectivity index (χ3v) is 4.85. The van der Waals surface area contributed by atoms with Crippen LogP contribution in [0, 0.1) is 11.8 Å². The Kier molecular flexibility index (Phi) is 11.0. The second-order valence-electron chi connectivity index (χ2n) is 7.43. The molecule has 0 amide bonds. The summed E-state index contributed by atoms with van der Waals surface area (Å²) in [6, 6.07) is 3.62. The summed E-state index contributed by atoms with van der Waals surface area (Å²) in [6.07, 6.45) is 16.8. The molecular formula is C24H34N2O2. The topological polar surface area (TPSA) is 56.0 Å². The molecule has 4 nitrogen and oxygen atoms in total. The second-order valence-corrected chi connectivity index (χ2v) is 7.43. The highest BCUT2D eigenvalue weighted by molar-refractivity contribution is 5.80. The van der Waals surface area contributed by atoms with Gasteiger partial charge in [0.05, 0.1) is 6.42 Å².